The molecule has 0 amide bonds. The summed E-state index contributed by atoms with van der Waals surface area (Å²) in [5.74, 6) is 0. The zero-order chi connectivity index (χ0) is 55.9. The maximum Gasteiger partial charge on any atom is 0.0737 e. The van der Waals surface area contributed by atoms with E-state index in [0.29, 0.717) is 0 Å². The summed E-state index contributed by atoms with van der Waals surface area (Å²) in [6, 6.07) is 78.9. The van der Waals surface area contributed by atoms with Crippen LogP contribution in [0.3, 0.4) is 0 Å². The van der Waals surface area contributed by atoms with Crippen LogP contribution in [0, 0.1) is 0 Å². The summed E-state index contributed by atoms with van der Waals surface area (Å²) in [7, 11) is 0. The van der Waals surface area contributed by atoms with Gasteiger partial charge >= 0.3 is 0 Å². The Morgan fingerprint density at radius 1 is 0.190 bits per heavy atom. The molecule has 0 fully saturated rings. The summed E-state index contributed by atoms with van der Waals surface area (Å²) >= 11 is 16.4. The van der Waals surface area contributed by atoms with Crippen LogP contribution in [0.4, 0.5) is 0 Å². The van der Waals surface area contributed by atoms with E-state index < -0.39 is 0 Å². The molecule has 12 aromatic carbocycles. The molecule has 17 rings (SSSR count). The van der Waals surface area contributed by atoms with Crippen molar-refractivity contribution < 1.29 is 0 Å². The van der Waals surface area contributed by atoms with Crippen molar-refractivity contribution in [2.45, 2.75) is 0 Å². The highest BCUT2D eigenvalue weighted by molar-refractivity contribution is 9.11. The number of rotatable bonds is 4. The summed E-state index contributed by atoms with van der Waals surface area (Å²) in [5.41, 5.74) is 15.4. The number of aromatic amines is 2. The first kappa shape index (κ1) is 49.8. The SMILES string of the molecule is Brc1c2ccccc2c(-c2c3nc(c(-c4c5ccccc5c(Br)c5ccccc45)c4ccc([nH]4)c(-c4c5ccccc5c(Br)c5ccccc45)c4nc(c(-c5c6ccccc6c(Br)c6ccccc56)c5ccc2[nH]5)C=C4)C=C3)c2ccccc12. The van der Waals surface area contributed by atoms with Crippen molar-refractivity contribution in [1.82, 2.24) is 19.9 Å². The fourth-order valence-corrected chi connectivity index (χ4v) is 16.4. The van der Waals surface area contributed by atoms with Gasteiger partial charge in [0.2, 0.25) is 0 Å². The van der Waals surface area contributed by atoms with Gasteiger partial charge in [-0.25, -0.2) is 9.97 Å². The van der Waals surface area contributed by atoms with Crippen molar-refractivity contribution in [3.63, 3.8) is 0 Å². The molecule has 15 aromatic rings. The molecular weight excluding hydrogens is 1290 g/mol. The van der Waals surface area contributed by atoms with Gasteiger partial charge in [-0.1, -0.05) is 194 Å². The molecule has 4 nitrogen and oxygen atoms in total. The number of benzene rings is 12. The lowest BCUT2D eigenvalue weighted by atomic mass is 9.91. The van der Waals surface area contributed by atoms with Gasteiger partial charge in [-0.15, -0.1) is 0 Å². The molecule has 84 heavy (non-hydrogen) atoms. The number of fused-ring (bicyclic) bond motifs is 16. The van der Waals surface area contributed by atoms with E-state index in [0.717, 1.165) is 193 Å². The van der Waals surface area contributed by atoms with Crippen molar-refractivity contribution in [2.75, 3.05) is 0 Å². The number of halogens is 4. The number of hydrogen-bond acceptors (Lipinski definition) is 2. The zero-order valence-electron chi connectivity index (χ0n) is 44.5. The van der Waals surface area contributed by atoms with Gasteiger partial charge in [0.25, 0.3) is 0 Å². The van der Waals surface area contributed by atoms with Gasteiger partial charge in [0, 0.05) is 84.5 Å². The summed E-state index contributed by atoms with van der Waals surface area (Å²) in [5, 5.41) is 17.9. The van der Waals surface area contributed by atoms with Gasteiger partial charge in [-0.2, -0.15) is 0 Å². The molecule has 0 spiro atoms. The maximum absolute atomic E-state index is 5.97. The Kier molecular flexibility index (Phi) is 11.5. The lowest BCUT2D eigenvalue weighted by Crippen LogP contribution is -1.94. The molecule has 0 atom stereocenters. The molecular formula is C76H42Br4N4. The third-order valence-corrected chi connectivity index (χ3v) is 20.6. The predicted molar refractivity (Wildman–Crippen MR) is 371 cm³/mol. The van der Waals surface area contributed by atoms with E-state index in [1.54, 1.807) is 0 Å². The van der Waals surface area contributed by atoms with Crippen LogP contribution < -0.4 is 0 Å². The van der Waals surface area contributed by atoms with Gasteiger partial charge in [-0.3, -0.25) is 0 Å². The third-order valence-electron chi connectivity index (χ3n) is 17.2. The molecule has 3 aromatic heterocycles. The molecule has 394 valence electrons. The molecule has 2 aliphatic heterocycles. The van der Waals surface area contributed by atoms with Crippen molar-refractivity contribution in [1.29, 1.82) is 0 Å². The molecule has 0 saturated carbocycles. The fourth-order valence-electron chi connectivity index (χ4n) is 13.6. The van der Waals surface area contributed by atoms with Crippen LogP contribution in [0.5, 0.6) is 0 Å². The van der Waals surface area contributed by atoms with Crippen LogP contribution in [-0.2, 0) is 0 Å². The average molecular weight is 1330 g/mol. The van der Waals surface area contributed by atoms with Crippen LogP contribution in [0.2, 0.25) is 0 Å². The van der Waals surface area contributed by atoms with Crippen LogP contribution in [0.15, 0.2) is 236 Å². The van der Waals surface area contributed by atoms with Crippen molar-refractivity contribution in [2.24, 2.45) is 0 Å². The minimum absolute atomic E-state index is 0.841. The van der Waals surface area contributed by atoms with Gasteiger partial charge in [-0.05, 0) is 198 Å². The van der Waals surface area contributed by atoms with E-state index in [2.05, 4.69) is 316 Å². The second kappa shape index (κ2) is 19.4. The van der Waals surface area contributed by atoms with E-state index in [9.17, 15) is 0 Å². The number of aromatic nitrogens is 4. The monoisotopic (exact) mass is 1330 g/mol. The Labute approximate surface area is 515 Å². The first-order chi connectivity index (χ1) is 41.4. The molecule has 8 bridgehead atoms. The Balaban J connectivity index is 1.13. The molecule has 0 saturated heterocycles. The highest BCUT2D eigenvalue weighted by Gasteiger charge is 2.27. The van der Waals surface area contributed by atoms with E-state index in [4.69, 9.17) is 9.97 Å². The Morgan fingerprint density at radius 3 is 0.512 bits per heavy atom. The van der Waals surface area contributed by atoms with Gasteiger partial charge in [0.15, 0.2) is 0 Å². The normalized spacial score (nSPS) is 12.4. The summed E-state index contributed by atoms with van der Waals surface area (Å²) < 4.78 is 4.24. The van der Waals surface area contributed by atoms with Crippen LogP contribution in [-0.4, -0.2) is 19.9 Å². The van der Waals surface area contributed by atoms with Crippen molar-refractivity contribution >= 4 is 196 Å². The highest BCUT2D eigenvalue weighted by atomic mass is 79.9. The van der Waals surface area contributed by atoms with Gasteiger partial charge < -0.3 is 9.97 Å². The number of H-pyrrole nitrogens is 2. The number of nitrogens with one attached hydrogen (secondary N) is 2. The molecule has 8 heteroatoms. The Bertz CT molecular complexity index is 4770. The molecule has 2 aliphatic rings. The van der Waals surface area contributed by atoms with E-state index in [-0.39, 0.29) is 0 Å². The Hall–Kier alpha value is -8.76. The highest BCUT2D eigenvalue weighted by Crippen LogP contribution is 2.51. The van der Waals surface area contributed by atoms with Gasteiger partial charge in [0.1, 0.15) is 0 Å². The lowest BCUT2D eigenvalue weighted by Gasteiger charge is -2.16. The zero-order valence-corrected chi connectivity index (χ0v) is 50.8. The lowest BCUT2D eigenvalue weighted by molar-refractivity contribution is 1.32. The largest absolute Gasteiger partial charge is 0.354 e. The maximum atomic E-state index is 5.97. The molecule has 0 unspecified atom stereocenters. The van der Waals surface area contributed by atoms with Crippen molar-refractivity contribution in [3.05, 3.63) is 259 Å². The molecule has 0 radical (unpaired) electrons. The number of nitrogens with zero attached hydrogens (tertiary/aromatic N) is 2. The summed E-state index contributed by atoms with van der Waals surface area (Å²) in [6.07, 6.45) is 8.91. The topological polar surface area (TPSA) is 57.4 Å². The first-order valence-corrected chi connectivity index (χ1v) is 31.1. The fraction of sp³-hybridized carbons (Fsp3) is 0. The molecule has 5 heterocycles. The number of hydrogen-bond donors (Lipinski definition) is 2. The van der Waals surface area contributed by atoms with Crippen LogP contribution in [0.25, 0.3) is 177 Å². The Morgan fingerprint density at radius 2 is 0.345 bits per heavy atom. The quantitative estimate of drug-likeness (QED) is 0.173. The smallest absolute Gasteiger partial charge is 0.0737 e. The molecule has 0 aliphatic carbocycles. The van der Waals surface area contributed by atoms with Crippen LogP contribution >= 0.6 is 63.7 Å². The van der Waals surface area contributed by atoms with E-state index in [1.165, 1.54) is 0 Å². The second-order valence-corrected chi connectivity index (χ2v) is 24.8. The third kappa shape index (κ3) is 7.40. The summed E-state index contributed by atoms with van der Waals surface area (Å²) in [4.78, 5) is 20.3. The van der Waals surface area contributed by atoms with Crippen LogP contribution in [0.1, 0.15) is 22.8 Å². The predicted octanol–water partition coefficient (Wildman–Crippen LogP) is 23.6. The minimum Gasteiger partial charge on any atom is -0.354 e. The second-order valence-electron chi connectivity index (χ2n) is 21.6. The molecule has 2 N–H and O–H groups in total. The van der Waals surface area contributed by atoms with Gasteiger partial charge in [0.05, 0.1) is 22.8 Å². The van der Waals surface area contributed by atoms with Crippen molar-refractivity contribution in [3.8, 4) is 44.5 Å². The van der Waals surface area contributed by atoms with E-state index in [1.807, 2.05) is 0 Å². The standard InChI is InChI=1S/C76H42Br4N4/c77-73-49-25-9-1-17-41(49)65(42-18-2-10-26-50(42)73)69-57-33-35-59(81-57)70(66-43-19-3-11-27-51(43)74(78)52-28-12-4-20-44(52)66)61-37-39-63(83-61)72(68-47-23-7-15-31-55(47)76(80)56-32-16-8-24-48(56)68)64-40-38-62(84-64)71(60-36-34-58(69)82-60)67-45-21-5-13-29-53(45)75(79)54-30-14-6-22-46(54)67/h1-40,81,84H. The van der Waals surface area contributed by atoms with E-state index >= 15 is 0 Å². The first-order valence-electron chi connectivity index (χ1n) is 27.9. The summed E-state index contributed by atoms with van der Waals surface area (Å²) in [6.45, 7) is 0. The average Bonchev–Trinajstić information content (AvgIpc) is 3.03. The minimum atomic E-state index is 0.841.